The van der Waals surface area contributed by atoms with Crippen molar-refractivity contribution in [1.82, 2.24) is 5.32 Å². The number of hydrogen-bond acceptors (Lipinski definition) is 4. The van der Waals surface area contributed by atoms with Gasteiger partial charge in [0.05, 0.1) is 6.61 Å². The van der Waals surface area contributed by atoms with E-state index in [1.165, 1.54) is 19.3 Å². The molecule has 0 aliphatic carbocycles. The molecule has 2 amide bonds. The van der Waals surface area contributed by atoms with Crippen LogP contribution < -0.4 is 15.4 Å². The van der Waals surface area contributed by atoms with Crippen molar-refractivity contribution >= 4 is 17.5 Å². The quantitative estimate of drug-likeness (QED) is 0.469. The highest BCUT2D eigenvalue weighted by Gasteiger charge is 2.09. The highest BCUT2D eigenvalue weighted by atomic mass is 16.5. The highest BCUT2D eigenvalue weighted by molar-refractivity contribution is 6.05. The Balaban J connectivity index is 1.86. The van der Waals surface area contributed by atoms with Crippen LogP contribution in [0.5, 0.6) is 5.75 Å². The maximum Gasteiger partial charge on any atom is 0.255 e. The number of nitrogens with one attached hydrogen (secondary N) is 2. The number of rotatable bonds is 13. The summed E-state index contributed by atoms with van der Waals surface area (Å²) < 4.78 is 10.7. The SMILES string of the molecule is CCCCCCOc1ccc(C(=O)Nc2cccc(C(=O)NCCCOC)c2)cc1. The maximum atomic E-state index is 12.5. The lowest BCUT2D eigenvalue weighted by Gasteiger charge is -2.09. The van der Waals surface area contributed by atoms with E-state index in [0.717, 1.165) is 18.6 Å². The molecule has 0 aromatic heterocycles. The minimum Gasteiger partial charge on any atom is -0.494 e. The molecule has 0 aliphatic rings. The number of amides is 2. The van der Waals surface area contributed by atoms with Crippen LogP contribution in [0, 0.1) is 0 Å². The Morgan fingerprint density at radius 2 is 1.67 bits per heavy atom. The Kier molecular flexibility index (Phi) is 10.4. The molecular formula is C24H32N2O4. The zero-order chi connectivity index (χ0) is 21.6. The van der Waals surface area contributed by atoms with Gasteiger partial charge in [-0.3, -0.25) is 9.59 Å². The number of methoxy groups -OCH3 is 1. The number of anilines is 1. The molecule has 0 aliphatic heterocycles. The number of unbranched alkanes of at least 4 members (excludes halogenated alkanes) is 3. The summed E-state index contributed by atoms with van der Waals surface area (Å²) in [6, 6.07) is 14.0. The van der Waals surface area contributed by atoms with Gasteiger partial charge in [0.2, 0.25) is 0 Å². The minimum absolute atomic E-state index is 0.178. The second-order valence-electron chi connectivity index (χ2n) is 7.07. The van der Waals surface area contributed by atoms with Gasteiger partial charge in [0.25, 0.3) is 11.8 Å². The van der Waals surface area contributed by atoms with Crippen molar-refractivity contribution in [3.05, 3.63) is 59.7 Å². The molecule has 30 heavy (non-hydrogen) atoms. The number of carbonyl (C=O) groups is 2. The Hall–Kier alpha value is -2.86. The molecule has 0 radical (unpaired) electrons. The van der Waals surface area contributed by atoms with Gasteiger partial charge in [-0.05, 0) is 55.3 Å². The fraction of sp³-hybridized carbons (Fsp3) is 0.417. The largest absolute Gasteiger partial charge is 0.494 e. The van der Waals surface area contributed by atoms with Gasteiger partial charge >= 0.3 is 0 Å². The lowest BCUT2D eigenvalue weighted by Crippen LogP contribution is -2.25. The Morgan fingerprint density at radius 3 is 2.40 bits per heavy atom. The fourth-order valence-corrected chi connectivity index (χ4v) is 2.88. The first-order chi connectivity index (χ1) is 14.6. The lowest BCUT2D eigenvalue weighted by molar-refractivity contribution is 0.0947. The van der Waals surface area contributed by atoms with Crippen molar-refractivity contribution in [3.63, 3.8) is 0 Å². The summed E-state index contributed by atoms with van der Waals surface area (Å²) in [7, 11) is 1.63. The topological polar surface area (TPSA) is 76.7 Å². The van der Waals surface area contributed by atoms with Crippen LogP contribution in [0.25, 0.3) is 0 Å². The maximum absolute atomic E-state index is 12.5. The van der Waals surface area contributed by atoms with Crippen molar-refractivity contribution in [2.24, 2.45) is 0 Å². The molecule has 2 N–H and O–H groups in total. The zero-order valence-corrected chi connectivity index (χ0v) is 17.9. The fourth-order valence-electron chi connectivity index (χ4n) is 2.88. The third-order valence-electron chi connectivity index (χ3n) is 4.58. The van der Waals surface area contributed by atoms with E-state index in [2.05, 4.69) is 17.6 Å². The van der Waals surface area contributed by atoms with E-state index in [1.54, 1.807) is 55.6 Å². The van der Waals surface area contributed by atoms with Gasteiger partial charge in [0.15, 0.2) is 0 Å². The Labute approximate surface area is 179 Å². The normalized spacial score (nSPS) is 10.5. The molecule has 0 unspecified atom stereocenters. The summed E-state index contributed by atoms with van der Waals surface area (Å²) in [5, 5.41) is 5.67. The smallest absolute Gasteiger partial charge is 0.255 e. The van der Waals surface area contributed by atoms with Gasteiger partial charge in [-0.25, -0.2) is 0 Å². The molecule has 0 saturated carbocycles. The number of hydrogen-bond donors (Lipinski definition) is 2. The molecule has 0 heterocycles. The van der Waals surface area contributed by atoms with Crippen LogP contribution in [0.4, 0.5) is 5.69 Å². The average molecular weight is 413 g/mol. The molecule has 0 saturated heterocycles. The summed E-state index contributed by atoms with van der Waals surface area (Å²) in [6.07, 6.45) is 5.37. The monoisotopic (exact) mass is 412 g/mol. The Bertz CT molecular complexity index is 790. The van der Waals surface area contributed by atoms with Gasteiger partial charge in [0.1, 0.15) is 5.75 Å². The van der Waals surface area contributed by atoms with Crippen molar-refractivity contribution in [2.75, 3.05) is 32.2 Å². The third kappa shape index (κ3) is 8.25. The van der Waals surface area contributed by atoms with E-state index in [-0.39, 0.29) is 11.8 Å². The first-order valence-corrected chi connectivity index (χ1v) is 10.6. The van der Waals surface area contributed by atoms with Crippen LogP contribution >= 0.6 is 0 Å². The average Bonchev–Trinajstić information content (AvgIpc) is 2.77. The predicted octanol–water partition coefficient (Wildman–Crippen LogP) is 4.66. The van der Waals surface area contributed by atoms with Crippen LogP contribution in [0.1, 0.15) is 59.7 Å². The molecule has 6 heteroatoms. The Morgan fingerprint density at radius 1 is 0.867 bits per heavy atom. The van der Waals surface area contributed by atoms with Crippen molar-refractivity contribution < 1.29 is 19.1 Å². The lowest BCUT2D eigenvalue weighted by atomic mass is 10.1. The van der Waals surface area contributed by atoms with E-state index >= 15 is 0 Å². The first kappa shape index (κ1) is 23.4. The molecule has 2 aromatic rings. The molecule has 0 atom stereocenters. The summed E-state index contributed by atoms with van der Waals surface area (Å²) in [4.78, 5) is 24.7. The van der Waals surface area contributed by atoms with Crippen LogP contribution in [0.3, 0.4) is 0 Å². The standard InChI is InChI=1S/C24H32N2O4/c1-3-4-5-6-17-30-22-13-11-19(12-14-22)24(28)26-21-10-7-9-20(18-21)23(27)25-15-8-16-29-2/h7,9-14,18H,3-6,8,15-17H2,1-2H3,(H,25,27)(H,26,28). The van der Waals surface area contributed by atoms with Gasteiger partial charge in [-0.1, -0.05) is 32.3 Å². The van der Waals surface area contributed by atoms with Crippen LogP contribution in [0.2, 0.25) is 0 Å². The van der Waals surface area contributed by atoms with Crippen LogP contribution in [-0.2, 0) is 4.74 Å². The number of benzene rings is 2. The summed E-state index contributed by atoms with van der Waals surface area (Å²) in [6.45, 7) is 4.00. The van der Waals surface area contributed by atoms with E-state index in [1.807, 2.05) is 0 Å². The number of ether oxygens (including phenoxy) is 2. The number of carbonyl (C=O) groups excluding carboxylic acids is 2. The summed E-state index contributed by atoms with van der Waals surface area (Å²) >= 11 is 0. The van der Waals surface area contributed by atoms with E-state index < -0.39 is 0 Å². The van der Waals surface area contributed by atoms with Gasteiger partial charge in [0, 0.05) is 37.1 Å². The van der Waals surface area contributed by atoms with Crippen molar-refractivity contribution in [1.29, 1.82) is 0 Å². The molecule has 2 rings (SSSR count). The molecule has 6 nitrogen and oxygen atoms in total. The van der Waals surface area contributed by atoms with Crippen LogP contribution in [-0.4, -0.2) is 38.7 Å². The summed E-state index contributed by atoms with van der Waals surface area (Å²) in [5.41, 5.74) is 1.60. The predicted molar refractivity (Wildman–Crippen MR) is 119 cm³/mol. The molecule has 162 valence electrons. The first-order valence-electron chi connectivity index (χ1n) is 10.6. The summed E-state index contributed by atoms with van der Waals surface area (Å²) in [5.74, 6) is 0.347. The second-order valence-corrected chi connectivity index (χ2v) is 7.07. The van der Waals surface area contributed by atoms with E-state index in [0.29, 0.717) is 36.6 Å². The molecule has 2 aromatic carbocycles. The third-order valence-corrected chi connectivity index (χ3v) is 4.58. The van der Waals surface area contributed by atoms with Gasteiger partial charge in [-0.2, -0.15) is 0 Å². The van der Waals surface area contributed by atoms with Crippen molar-refractivity contribution in [2.45, 2.75) is 39.0 Å². The van der Waals surface area contributed by atoms with E-state index in [9.17, 15) is 9.59 Å². The molecule has 0 bridgehead atoms. The highest BCUT2D eigenvalue weighted by Crippen LogP contribution is 2.16. The second kappa shape index (κ2) is 13.4. The van der Waals surface area contributed by atoms with E-state index in [4.69, 9.17) is 9.47 Å². The van der Waals surface area contributed by atoms with Crippen LogP contribution in [0.15, 0.2) is 48.5 Å². The van der Waals surface area contributed by atoms with Gasteiger partial charge in [-0.15, -0.1) is 0 Å². The van der Waals surface area contributed by atoms with Gasteiger partial charge < -0.3 is 20.1 Å². The zero-order valence-electron chi connectivity index (χ0n) is 17.9. The molecular weight excluding hydrogens is 380 g/mol. The molecule has 0 fully saturated rings. The van der Waals surface area contributed by atoms with Crippen molar-refractivity contribution in [3.8, 4) is 5.75 Å². The molecule has 0 spiro atoms. The minimum atomic E-state index is -0.234.